The molecule has 1 unspecified atom stereocenters. The van der Waals surface area contributed by atoms with Gasteiger partial charge in [0.25, 0.3) is 0 Å². The number of imide groups is 2. The molecule has 4 amide bonds. The van der Waals surface area contributed by atoms with E-state index in [4.69, 9.17) is 23.2 Å². The number of anilines is 1. The summed E-state index contributed by atoms with van der Waals surface area (Å²) in [6.45, 7) is 3.45. The molecule has 5 nitrogen and oxygen atoms in total. The monoisotopic (exact) mass is 392 g/mol. The number of barbiturate groups is 1. The van der Waals surface area contributed by atoms with Gasteiger partial charge in [-0.2, -0.15) is 0 Å². The molecule has 1 N–H and O–H groups in total. The Labute approximate surface area is 139 Å². The van der Waals surface area contributed by atoms with Crippen LogP contribution in [0.15, 0.2) is 16.6 Å². The van der Waals surface area contributed by atoms with E-state index in [0.717, 1.165) is 4.90 Å². The third kappa shape index (κ3) is 2.93. The summed E-state index contributed by atoms with van der Waals surface area (Å²) >= 11 is 15.4. The second-order valence-corrected chi connectivity index (χ2v) is 6.64. The van der Waals surface area contributed by atoms with Crippen molar-refractivity contribution in [3.63, 3.8) is 0 Å². The Hall–Kier alpha value is -1.11. The number of halogens is 3. The Morgan fingerprint density at radius 3 is 2.19 bits per heavy atom. The van der Waals surface area contributed by atoms with Gasteiger partial charge in [0.05, 0.1) is 15.7 Å². The van der Waals surface area contributed by atoms with Gasteiger partial charge in [-0.05, 0) is 18.1 Å². The highest BCUT2D eigenvalue weighted by atomic mass is 79.9. The fourth-order valence-electron chi connectivity index (χ4n) is 2.14. The normalized spacial score (nSPS) is 19.2. The van der Waals surface area contributed by atoms with Crippen LogP contribution in [0, 0.1) is 11.8 Å². The van der Waals surface area contributed by atoms with Crippen molar-refractivity contribution < 1.29 is 14.4 Å². The topological polar surface area (TPSA) is 66.5 Å². The zero-order valence-electron chi connectivity index (χ0n) is 11.1. The molecule has 1 fully saturated rings. The molecule has 0 bridgehead atoms. The molecule has 0 radical (unpaired) electrons. The summed E-state index contributed by atoms with van der Waals surface area (Å²) < 4.78 is 0.614. The lowest BCUT2D eigenvalue weighted by Gasteiger charge is -2.32. The number of carbonyl (C=O) groups excluding carboxylic acids is 3. The van der Waals surface area contributed by atoms with E-state index in [9.17, 15) is 14.4 Å². The molecule has 1 atom stereocenters. The summed E-state index contributed by atoms with van der Waals surface area (Å²) in [5, 5.41) is 2.42. The van der Waals surface area contributed by atoms with Crippen LogP contribution in [0.4, 0.5) is 10.5 Å². The van der Waals surface area contributed by atoms with Crippen molar-refractivity contribution in [3.8, 4) is 0 Å². The summed E-state index contributed by atoms with van der Waals surface area (Å²) in [6, 6.07) is 2.18. The molecule has 1 aliphatic rings. The first-order chi connectivity index (χ1) is 9.73. The van der Waals surface area contributed by atoms with E-state index < -0.39 is 23.8 Å². The van der Waals surface area contributed by atoms with Crippen LogP contribution in [0.3, 0.4) is 0 Å². The number of nitrogens with one attached hydrogen (secondary N) is 1. The molecule has 2 rings (SSSR count). The standard InChI is InChI=1S/C13H11BrCl2N2O3/c1-5(2)9-11(19)17-13(21)18(12(9)20)10-7(15)3-6(14)4-8(10)16/h3-5,9H,1-2H3,(H,17,19,21). The van der Waals surface area contributed by atoms with Gasteiger partial charge < -0.3 is 0 Å². The van der Waals surface area contributed by atoms with Crippen LogP contribution in [0.25, 0.3) is 0 Å². The molecule has 21 heavy (non-hydrogen) atoms. The summed E-state index contributed by atoms with van der Waals surface area (Å²) in [4.78, 5) is 37.1. The lowest BCUT2D eigenvalue weighted by molar-refractivity contribution is -0.136. The maximum Gasteiger partial charge on any atom is 0.335 e. The van der Waals surface area contributed by atoms with E-state index in [1.54, 1.807) is 13.8 Å². The molecule has 1 aromatic carbocycles. The molecule has 0 aliphatic carbocycles. The summed E-state index contributed by atoms with van der Waals surface area (Å²) in [5.41, 5.74) is 0.0715. The highest BCUT2D eigenvalue weighted by molar-refractivity contribution is 9.10. The van der Waals surface area contributed by atoms with Crippen LogP contribution in [0.5, 0.6) is 0 Å². The molecule has 1 heterocycles. The molecule has 1 saturated heterocycles. The third-order valence-corrected chi connectivity index (χ3v) is 4.11. The Kier molecular flexibility index (Phi) is 4.60. The minimum absolute atomic E-state index is 0.0715. The lowest BCUT2D eigenvalue weighted by atomic mass is 9.92. The van der Waals surface area contributed by atoms with Gasteiger partial charge in [-0.15, -0.1) is 0 Å². The van der Waals surface area contributed by atoms with E-state index in [1.165, 1.54) is 12.1 Å². The van der Waals surface area contributed by atoms with E-state index in [2.05, 4.69) is 21.2 Å². The van der Waals surface area contributed by atoms with Crippen LogP contribution in [-0.2, 0) is 9.59 Å². The second kappa shape index (κ2) is 5.94. The predicted octanol–water partition coefficient (Wildman–Crippen LogP) is 3.61. The van der Waals surface area contributed by atoms with Gasteiger partial charge in [0.2, 0.25) is 11.8 Å². The van der Waals surface area contributed by atoms with E-state index >= 15 is 0 Å². The molecule has 8 heteroatoms. The number of carbonyl (C=O) groups is 3. The zero-order valence-corrected chi connectivity index (χ0v) is 14.2. The first-order valence-corrected chi connectivity index (χ1v) is 7.62. The number of urea groups is 1. The van der Waals surface area contributed by atoms with Crippen molar-refractivity contribution in [3.05, 3.63) is 26.7 Å². The summed E-state index contributed by atoms with van der Waals surface area (Å²) in [7, 11) is 0. The Balaban J connectivity index is 2.55. The van der Waals surface area contributed by atoms with Crippen molar-refractivity contribution >= 4 is 62.7 Å². The van der Waals surface area contributed by atoms with Crippen molar-refractivity contribution in [2.75, 3.05) is 4.90 Å². The van der Waals surface area contributed by atoms with E-state index in [1.807, 2.05) is 0 Å². The number of nitrogens with zero attached hydrogens (tertiary/aromatic N) is 1. The van der Waals surface area contributed by atoms with Crippen molar-refractivity contribution in [1.29, 1.82) is 0 Å². The first kappa shape index (κ1) is 16.3. The third-order valence-electron chi connectivity index (χ3n) is 3.07. The first-order valence-electron chi connectivity index (χ1n) is 6.07. The maximum absolute atomic E-state index is 12.5. The van der Waals surface area contributed by atoms with Gasteiger partial charge in [0, 0.05) is 4.47 Å². The second-order valence-electron chi connectivity index (χ2n) is 4.91. The van der Waals surface area contributed by atoms with Gasteiger partial charge in [0.15, 0.2) is 0 Å². The van der Waals surface area contributed by atoms with Crippen molar-refractivity contribution in [1.82, 2.24) is 5.32 Å². The smallest absolute Gasteiger partial charge is 0.277 e. The SMILES string of the molecule is CC(C)C1C(=O)NC(=O)N(c2c(Cl)cc(Br)cc2Cl)C1=O. The minimum Gasteiger partial charge on any atom is -0.277 e. The van der Waals surface area contributed by atoms with Gasteiger partial charge >= 0.3 is 6.03 Å². The minimum atomic E-state index is -0.960. The van der Waals surface area contributed by atoms with Crippen LogP contribution in [0.2, 0.25) is 10.0 Å². The van der Waals surface area contributed by atoms with E-state index in [-0.39, 0.29) is 21.7 Å². The van der Waals surface area contributed by atoms with Gasteiger partial charge in [-0.25, -0.2) is 9.69 Å². The van der Waals surface area contributed by atoms with Crippen molar-refractivity contribution in [2.24, 2.45) is 11.8 Å². The number of rotatable bonds is 2. The fourth-order valence-corrected chi connectivity index (χ4v) is 3.52. The van der Waals surface area contributed by atoms with Gasteiger partial charge in [-0.3, -0.25) is 14.9 Å². The van der Waals surface area contributed by atoms with E-state index in [0.29, 0.717) is 4.47 Å². The average Bonchev–Trinajstić information content (AvgIpc) is 2.30. The van der Waals surface area contributed by atoms with Gasteiger partial charge in [-0.1, -0.05) is 53.0 Å². The number of hydrogen-bond donors (Lipinski definition) is 1. The number of amides is 4. The van der Waals surface area contributed by atoms with Crippen LogP contribution >= 0.6 is 39.1 Å². The number of hydrogen-bond acceptors (Lipinski definition) is 3. The highest BCUT2D eigenvalue weighted by Gasteiger charge is 2.44. The molecular formula is C13H11BrCl2N2O3. The summed E-state index contributed by atoms with van der Waals surface area (Å²) in [5.74, 6) is -2.47. The van der Waals surface area contributed by atoms with Crippen molar-refractivity contribution in [2.45, 2.75) is 13.8 Å². The highest BCUT2D eigenvalue weighted by Crippen LogP contribution is 2.38. The largest absolute Gasteiger partial charge is 0.335 e. The quantitative estimate of drug-likeness (QED) is 0.780. The summed E-state index contributed by atoms with van der Waals surface area (Å²) in [6.07, 6.45) is 0. The van der Waals surface area contributed by atoms with Crippen LogP contribution in [-0.4, -0.2) is 17.8 Å². The predicted molar refractivity (Wildman–Crippen MR) is 83.5 cm³/mol. The molecule has 1 aliphatic heterocycles. The van der Waals surface area contributed by atoms with Gasteiger partial charge in [0.1, 0.15) is 5.92 Å². The molecule has 0 spiro atoms. The van der Waals surface area contributed by atoms with Crippen LogP contribution in [0.1, 0.15) is 13.8 Å². The zero-order chi connectivity index (χ0) is 15.9. The average molecular weight is 394 g/mol. The molecule has 1 aromatic rings. The molecule has 0 saturated carbocycles. The Morgan fingerprint density at radius 1 is 1.19 bits per heavy atom. The molecule has 0 aromatic heterocycles. The Morgan fingerprint density at radius 2 is 1.71 bits per heavy atom. The molecule has 112 valence electrons. The number of benzene rings is 1. The Bertz CT molecular complexity index is 625. The van der Waals surface area contributed by atoms with Crippen LogP contribution < -0.4 is 10.2 Å². The fraction of sp³-hybridized carbons (Fsp3) is 0.308. The molecular weight excluding hydrogens is 383 g/mol. The lowest BCUT2D eigenvalue weighted by Crippen LogP contribution is -2.59. The maximum atomic E-state index is 12.5.